The Morgan fingerprint density at radius 1 is 1.09 bits per heavy atom. The van der Waals surface area contributed by atoms with Crippen LogP contribution >= 0.6 is 0 Å². The fraction of sp³-hybridized carbons (Fsp3) is 0.500. The summed E-state index contributed by atoms with van der Waals surface area (Å²) in [5, 5.41) is 14.4. The minimum Gasteiger partial charge on any atom is -0.314 e. The van der Waals surface area contributed by atoms with Crippen molar-refractivity contribution in [2.45, 2.75) is 37.8 Å². The van der Waals surface area contributed by atoms with E-state index in [1.54, 1.807) is 6.20 Å². The summed E-state index contributed by atoms with van der Waals surface area (Å²) in [6.07, 6.45) is 7.09. The first kappa shape index (κ1) is 14.0. The predicted octanol–water partition coefficient (Wildman–Crippen LogP) is 2.87. The van der Waals surface area contributed by atoms with Gasteiger partial charge in [-0.05, 0) is 61.9 Å². The van der Waals surface area contributed by atoms with E-state index in [0.29, 0.717) is 6.04 Å². The van der Waals surface area contributed by atoms with E-state index >= 15 is 0 Å². The summed E-state index contributed by atoms with van der Waals surface area (Å²) >= 11 is 0. The number of aromatic nitrogens is 2. The van der Waals surface area contributed by atoms with Crippen molar-refractivity contribution in [2.24, 2.45) is 5.92 Å². The lowest BCUT2D eigenvalue weighted by Crippen LogP contribution is -2.36. The maximum atomic E-state index is 4.02. The third kappa shape index (κ3) is 3.23. The maximum Gasteiger partial charge on any atom is 0.0650 e. The number of nitrogens with one attached hydrogen (secondary N) is 3. The molecule has 1 saturated heterocycles. The van der Waals surface area contributed by atoms with E-state index in [1.807, 2.05) is 6.07 Å². The summed E-state index contributed by atoms with van der Waals surface area (Å²) < 4.78 is 0. The van der Waals surface area contributed by atoms with E-state index in [2.05, 4.69) is 45.1 Å². The molecule has 1 aliphatic carbocycles. The molecule has 2 atom stereocenters. The summed E-state index contributed by atoms with van der Waals surface area (Å²) in [7, 11) is 0. The molecule has 1 aliphatic heterocycles. The Morgan fingerprint density at radius 3 is 2.68 bits per heavy atom. The van der Waals surface area contributed by atoms with Gasteiger partial charge in [0.25, 0.3) is 0 Å². The van der Waals surface area contributed by atoms with Gasteiger partial charge in [0.05, 0.1) is 5.69 Å². The second-order valence-corrected chi connectivity index (χ2v) is 6.67. The zero-order valence-electron chi connectivity index (χ0n) is 12.9. The van der Waals surface area contributed by atoms with Crippen LogP contribution < -0.4 is 10.6 Å². The molecule has 1 aromatic heterocycles. The van der Waals surface area contributed by atoms with Gasteiger partial charge in [0, 0.05) is 18.3 Å². The van der Waals surface area contributed by atoms with E-state index in [9.17, 15) is 0 Å². The molecule has 0 amide bonds. The number of benzene rings is 1. The lowest BCUT2D eigenvalue weighted by molar-refractivity contribution is 0.295. The van der Waals surface area contributed by atoms with E-state index in [-0.39, 0.29) is 0 Å². The number of rotatable bonds is 5. The summed E-state index contributed by atoms with van der Waals surface area (Å²) in [4.78, 5) is 0. The molecule has 0 unspecified atom stereocenters. The molecule has 3 N–H and O–H groups in total. The quantitative estimate of drug-likeness (QED) is 0.795. The molecule has 2 fully saturated rings. The number of piperidine rings is 1. The first-order chi connectivity index (χ1) is 10.9. The highest BCUT2D eigenvalue weighted by Gasteiger charge is 2.26. The van der Waals surface area contributed by atoms with Crippen molar-refractivity contribution in [1.29, 1.82) is 0 Å². The van der Waals surface area contributed by atoms with Gasteiger partial charge in [-0.2, -0.15) is 5.10 Å². The Kier molecular flexibility index (Phi) is 3.95. The Bertz CT molecular complexity index is 586. The fourth-order valence-electron chi connectivity index (χ4n) is 3.37. The van der Waals surface area contributed by atoms with E-state index in [4.69, 9.17) is 0 Å². The first-order valence-corrected chi connectivity index (χ1v) is 8.45. The van der Waals surface area contributed by atoms with Crippen LogP contribution in [0.3, 0.4) is 0 Å². The average Bonchev–Trinajstić information content (AvgIpc) is 3.25. The number of hydrogen-bond acceptors (Lipinski definition) is 3. The van der Waals surface area contributed by atoms with Crippen molar-refractivity contribution >= 4 is 0 Å². The average molecular weight is 296 g/mol. The molecule has 0 bridgehead atoms. The lowest BCUT2D eigenvalue weighted by atomic mass is 9.88. The Labute approximate surface area is 131 Å². The maximum absolute atomic E-state index is 4.02. The molecule has 4 heteroatoms. The third-order valence-electron chi connectivity index (χ3n) is 4.91. The van der Waals surface area contributed by atoms with Crippen molar-refractivity contribution in [2.75, 3.05) is 13.1 Å². The Morgan fingerprint density at radius 2 is 1.95 bits per heavy atom. The van der Waals surface area contributed by atoms with Gasteiger partial charge in [0.1, 0.15) is 0 Å². The molecular formula is C18H24N4. The molecule has 4 nitrogen and oxygen atoms in total. The van der Waals surface area contributed by atoms with E-state index < -0.39 is 0 Å². The van der Waals surface area contributed by atoms with Gasteiger partial charge in [-0.1, -0.05) is 24.3 Å². The normalized spacial score (nSPS) is 25.3. The summed E-state index contributed by atoms with van der Waals surface area (Å²) in [6, 6.07) is 12.2. The summed E-state index contributed by atoms with van der Waals surface area (Å²) in [5.74, 6) is 0.805. The predicted molar refractivity (Wildman–Crippen MR) is 88.5 cm³/mol. The van der Waals surface area contributed by atoms with Gasteiger partial charge in [-0.15, -0.1) is 0 Å². The molecule has 4 rings (SSSR count). The second kappa shape index (κ2) is 6.23. The minimum absolute atomic E-state index is 0.496. The van der Waals surface area contributed by atoms with Crippen LogP contribution in [0.15, 0.2) is 36.5 Å². The van der Waals surface area contributed by atoms with Crippen molar-refractivity contribution in [1.82, 2.24) is 20.8 Å². The largest absolute Gasteiger partial charge is 0.314 e. The smallest absolute Gasteiger partial charge is 0.0650 e. The minimum atomic E-state index is 0.496. The molecule has 1 saturated carbocycles. The summed E-state index contributed by atoms with van der Waals surface area (Å²) in [5.41, 5.74) is 3.68. The van der Waals surface area contributed by atoms with Crippen molar-refractivity contribution in [3.05, 3.63) is 42.1 Å². The second-order valence-electron chi connectivity index (χ2n) is 6.67. The number of hydrogen-bond donors (Lipinski definition) is 3. The zero-order valence-corrected chi connectivity index (χ0v) is 12.9. The van der Waals surface area contributed by atoms with Crippen LogP contribution in [0.1, 0.15) is 37.3 Å². The monoisotopic (exact) mass is 296 g/mol. The molecule has 1 aromatic carbocycles. The van der Waals surface area contributed by atoms with E-state index in [1.165, 1.54) is 43.4 Å². The molecule has 2 aromatic rings. The zero-order chi connectivity index (χ0) is 14.8. The van der Waals surface area contributed by atoms with Crippen LogP contribution in [0.4, 0.5) is 0 Å². The molecule has 0 radical (unpaired) electrons. The van der Waals surface area contributed by atoms with Gasteiger partial charge >= 0.3 is 0 Å². The van der Waals surface area contributed by atoms with Crippen LogP contribution in [-0.2, 0) is 0 Å². The molecular weight excluding hydrogens is 272 g/mol. The van der Waals surface area contributed by atoms with Crippen LogP contribution in [0.5, 0.6) is 0 Å². The third-order valence-corrected chi connectivity index (χ3v) is 4.91. The molecule has 2 aliphatic rings. The van der Waals surface area contributed by atoms with Gasteiger partial charge in [-0.25, -0.2) is 0 Å². The van der Waals surface area contributed by atoms with E-state index in [0.717, 1.165) is 24.2 Å². The van der Waals surface area contributed by atoms with Gasteiger partial charge < -0.3 is 10.6 Å². The van der Waals surface area contributed by atoms with Crippen LogP contribution in [0, 0.1) is 5.92 Å². The molecule has 22 heavy (non-hydrogen) atoms. The number of H-pyrrole nitrogens is 1. The fourth-order valence-corrected chi connectivity index (χ4v) is 3.37. The molecule has 116 valence electrons. The van der Waals surface area contributed by atoms with Gasteiger partial charge in [0.15, 0.2) is 0 Å². The highest BCUT2D eigenvalue weighted by Crippen LogP contribution is 2.29. The van der Waals surface area contributed by atoms with Crippen LogP contribution in [0.2, 0.25) is 0 Å². The highest BCUT2D eigenvalue weighted by molar-refractivity contribution is 5.58. The van der Waals surface area contributed by atoms with Gasteiger partial charge in [-0.3, -0.25) is 5.10 Å². The molecule has 0 spiro atoms. The van der Waals surface area contributed by atoms with Crippen molar-refractivity contribution in [3.63, 3.8) is 0 Å². The van der Waals surface area contributed by atoms with Crippen LogP contribution in [-0.4, -0.2) is 29.3 Å². The SMILES string of the molecule is c1cc(-c2ccc([C@@H]3C[C@@H](CNC4CC4)CCN3)cc2)[nH]n1. The first-order valence-electron chi connectivity index (χ1n) is 8.45. The van der Waals surface area contributed by atoms with Crippen LogP contribution in [0.25, 0.3) is 11.3 Å². The highest BCUT2D eigenvalue weighted by atomic mass is 15.1. The number of nitrogens with zero attached hydrogens (tertiary/aromatic N) is 1. The van der Waals surface area contributed by atoms with Crippen molar-refractivity contribution < 1.29 is 0 Å². The molecule has 2 heterocycles. The number of aromatic amines is 1. The standard InChI is InChI=1S/C18H24N4/c1-3-15(4-2-14(1)17-8-10-21-22-17)18-11-13(7-9-19-18)12-20-16-5-6-16/h1-4,8,10,13,16,18-20H,5-7,9,11-12H2,(H,21,22)/t13-,18-/m0/s1. The Balaban J connectivity index is 1.39. The van der Waals surface area contributed by atoms with Crippen molar-refractivity contribution in [3.8, 4) is 11.3 Å². The topological polar surface area (TPSA) is 52.7 Å². The lowest BCUT2D eigenvalue weighted by Gasteiger charge is -2.31. The summed E-state index contributed by atoms with van der Waals surface area (Å²) in [6.45, 7) is 2.32. The van der Waals surface area contributed by atoms with Gasteiger partial charge in [0.2, 0.25) is 0 Å². The Hall–Kier alpha value is -1.65.